The first-order chi connectivity index (χ1) is 9.54. The number of aromatic nitrogens is 2. The van der Waals surface area contributed by atoms with E-state index in [4.69, 9.17) is 4.98 Å². The van der Waals surface area contributed by atoms with Crippen LogP contribution in [-0.4, -0.2) is 16.5 Å². The fourth-order valence-electron chi connectivity index (χ4n) is 1.89. The lowest BCUT2D eigenvalue weighted by Gasteiger charge is -2.14. The molecule has 0 fully saturated rings. The predicted octanol–water partition coefficient (Wildman–Crippen LogP) is 5.22. The predicted molar refractivity (Wildman–Crippen MR) is 91.1 cm³/mol. The highest BCUT2D eigenvalue weighted by molar-refractivity contribution is 9.11. The number of anilines is 1. The zero-order chi connectivity index (χ0) is 14.7. The van der Waals surface area contributed by atoms with E-state index in [1.54, 1.807) is 0 Å². The van der Waals surface area contributed by atoms with Crippen LogP contribution in [0.5, 0.6) is 0 Å². The summed E-state index contributed by atoms with van der Waals surface area (Å²) in [5, 5.41) is 3.29. The van der Waals surface area contributed by atoms with Gasteiger partial charge in [-0.05, 0) is 34.8 Å². The number of rotatable bonds is 4. The largest absolute Gasteiger partial charge is 0.369 e. The zero-order valence-corrected chi connectivity index (χ0v) is 14.9. The molecule has 1 heterocycles. The van der Waals surface area contributed by atoms with Crippen molar-refractivity contribution < 1.29 is 0 Å². The van der Waals surface area contributed by atoms with Crippen LogP contribution in [0.2, 0.25) is 0 Å². The summed E-state index contributed by atoms with van der Waals surface area (Å²) in [6.45, 7) is 7.14. The van der Waals surface area contributed by atoms with Gasteiger partial charge < -0.3 is 5.32 Å². The Hall–Kier alpha value is -0.940. The molecule has 0 saturated carbocycles. The number of halogens is 2. The SMILES string of the molecule is CCNc1nc(-c2ccccc2Br)nc(C(C)C)c1Br. The van der Waals surface area contributed by atoms with Gasteiger partial charge in [0.1, 0.15) is 5.82 Å². The van der Waals surface area contributed by atoms with Crippen molar-refractivity contribution in [1.29, 1.82) is 0 Å². The summed E-state index contributed by atoms with van der Waals surface area (Å²) in [5.41, 5.74) is 2.02. The summed E-state index contributed by atoms with van der Waals surface area (Å²) >= 11 is 7.17. The molecule has 20 heavy (non-hydrogen) atoms. The summed E-state index contributed by atoms with van der Waals surface area (Å²) in [7, 11) is 0. The first-order valence-corrected chi connectivity index (χ1v) is 8.19. The summed E-state index contributed by atoms with van der Waals surface area (Å²) in [6, 6.07) is 8.00. The van der Waals surface area contributed by atoms with Crippen LogP contribution < -0.4 is 5.32 Å². The lowest BCUT2D eigenvalue weighted by atomic mass is 10.1. The molecule has 0 aliphatic rings. The molecule has 0 radical (unpaired) electrons. The number of nitrogens with one attached hydrogen (secondary N) is 1. The van der Waals surface area contributed by atoms with Crippen LogP contribution in [0.3, 0.4) is 0 Å². The molecule has 2 rings (SSSR count). The van der Waals surface area contributed by atoms with E-state index < -0.39 is 0 Å². The van der Waals surface area contributed by atoms with Crippen molar-refractivity contribution in [3.8, 4) is 11.4 Å². The minimum atomic E-state index is 0.325. The van der Waals surface area contributed by atoms with Crippen LogP contribution in [0, 0.1) is 0 Å². The van der Waals surface area contributed by atoms with E-state index in [-0.39, 0.29) is 0 Å². The van der Waals surface area contributed by atoms with E-state index in [9.17, 15) is 0 Å². The van der Waals surface area contributed by atoms with Crippen molar-refractivity contribution in [2.45, 2.75) is 26.7 Å². The molecule has 0 aliphatic heterocycles. The first-order valence-electron chi connectivity index (χ1n) is 6.60. The monoisotopic (exact) mass is 397 g/mol. The van der Waals surface area contributed by atoms with Gasteiger partial charge in [-0.15, -0.1) is 0 Å². The molecule has 0 aliphatic carbocycles. The Balaban J connectivity index is 2.62. The van der Waals surface area contributed by atoms with Crippen LogP contribution in [0.25, 0.3) is 11.4 Å². The Kier molecular flexibility index (Phi) is 5.16. The summed E-state index contributed by atoms with van der Waals surface area (Å²) in [5.74, 6) is 1.91. The Labute approximate surface area is 136 Å². The lowest BCUT2D eigenvalue weighted by molar-refractivity contribution is 0.809. The van der Waals surface area contributed by atoms with E-state index >= 15 is 0 Å². The van der Waals surface area contributed by atoms with Gasteiger partial charge in [0, 0.05) is 16.6 Å². The van der Waals surface area contributed by atoms with Gasteiger partial charge in [-0.3, -0.25) is 0 Å². The highest BCUT2D eigenvalue weighted by Crippen LogP contribution is 2.33. The van der Waals surface area contributed by atoms with Gasteiger partial charge in [0.2, 0.25) is 0 Å². The summed E-state index contributed by atoms with van der Waals surface area (Å²) in [6.07, 6.45) is 0. The average molecular weight is 399 g/mol. The average Bonchev–Trinajstić information content (AvgIpc) is 2.41. The van der Waals surface area contributed by atoms with Gasteiger partial charge in [0.15, 0.2) is 5.82 Å². The lowest BCUT2D eigenvalue weighted by Crippen LogP contribution is -2.07. The molecule has 0 spiro atoms. The van der Waals surface area contributed by atoms with Gasteiger partial charge in [-0.1, -0.05) is 48.0 Å². The second-order valence-corrected chi connectivity index (χ2v) is 6.41. The summed E-state index contributed by atoms with van der Waals surface area (Å²) in [4.78, 5) is 9.35. The fourth-order valence-corrected chi connectivity index (χ4v) is 3.13. The van der Waals surface area contributed by atoms with Crippen molar-refractivity contribution in [2.24, 2.45) is 0 Å². The molecular weight excluding hydrogens is 382 g/mol. The number of hydrogen-bond donors (Lipinski definition) is 1. The van der Waals surface area contributed by atoms with Gasteiger partial charge in [-0.2, -0.15) is 0 Å². The van der Waals surface area contributed by atoms with E-state index in [1.807, 2.05) is 24.3 Å². The molecule has 3 nitrogen and oxygen atoms in total. The van der Waals surface area contributed by atoms with E-state index in [0.717, 1.165) is 38.4 Å². The minimum Gasteiger partial charge on any atom is -0.369 e. The Morgan fingerprint density at radius 3 is 2.45 bits per heavy atom. The maximum Gasteiger partial charge on any atom is 0.162 e. The van der Waals surface area contributed by atoms with Crippen LogP contribution in [0.15, 0.2) is 33.2 Å². The molecule has 0 amide bonds. The van der Waals surface area contributed by atoms with Crippen molar-refractivity contribution in [3.05, 3.63) is 38.9 Å². The van der Waals surface area contributed by atoms with Crippen LogP contribution >= 0.6 is 31.9 Å². The van der Waals surface area contributed by atoms with E-state index in [1.165, 1.54) is 0 Å². The van der Waals surface area contributed by atoms with Crippen molar-refractivity contribution in [2.75, 3.05) is 11.9 Å². The first kappa shape index (κ1) is 15.4. The van der Waals surface area contributed by atoms with Crippen LogP contribution in [0.4, 0.5) is 5.82 Å². The molecular formula is C15H17Br2N3. The molecule has 0 bridgehead atoms. The number of nitrogens with zero attached hydrogens (tertiary/aromatic N) is 2. The topological polar surface area (TPSA) is 37.8 Å². The third-order valence-electron chi connectivity index (χ3n) is 2.88. The number of hydrogen-bond acceptors (Lipinski definition) is 3. The van der Waals surface area contributed by atoms with Gasteiger partial charge in [0.05, 0.1) is 10.2 Å². The smallest absolute Gasteiger partial charge is 0.162 e. The zero-order valence-electron chi connectivity index (χ0n) is 11.7. The van der Waals surface area contributed by atoms with Gasteiger partial charge in [-0.25, -0.2) is 9.97 Å². The molecule has 1 aromatic heterocycles. The second-order valence-electron chi connectivity index (χ2n) is 4.76. The highest BCUT2D eigenvalue weighted by atomic mass is 79.9. The van der Waals surface area contributed by atoms with Crippen molar-refractivity contribution >= 4 is 37.7 Å². The Morgan fingerprint density at radius 1 is 1.15 bits per heavy atom. The van der Waals surface area contributed by atoms with E-state index in [2.05, 4.69) is 62.9 Å². The summed E-state index contributed by atoms with van der Waals surface area (Å²) < 4.78 is 1.95. The van der Waals surface area contributed by atoms with E-state index in [0.29, 0.717) is 5.92 Å². The molecule has 2 aromatic rings. The van der Waals surface area contributed by atoms with Crippen molar-refractivity contribution in [1.82, 2.24) is 9.97 Å². The Morgan fingerprint density at radius 2 is 1.85 bits per heavy atom. The molecule has 0 saturated heterocycles. The quantitative estimate of drug-likeness (QED) is 0.766. The van der Waals surface area contributed by atoms with Gasteiger partial charge >= 0.3 is 0 Å². The molecule has 5 heteroatoms. The maximum atomic E-state index is 4.72. The second kappa shape index (κ2) is 6.68. The normalized spacial score (nSPS) is 10.9. The highest BCUT2D eigenvalue weighted by Gasteiger charge is 2.16. The number of benzene rings is 1. The molecule has 0 atom stereocenters. The molecule has 106 valence electrons. The minimum absolute atomic E-state index is 0.325. The van der Waals surface area contributed by atoms with Gasteiger partial charge in [0.25, 0.3) is 0 Å². The molecule has 1 N–H and O–H groups in total. The molecule has 0 unspecified atom stereocenters. The van der Waals surface area contributed by atoms with Crippen LogP contribution in [-0.2, 0) is 0 Å². The molecule has 1 aromatic carbocycles. The third kappa shape index (κ3) is 3.20. The standard InChI is InChI=1S/C15H17Br2N3/c1-4-18-15-12(17)13(9(2)3)19-14(20-15)10-7-5-6-8-11(10)16/h5-9H,4H2,1-3H3,(H,18,19,20). The van der Waals surface area contributed by atoms with Crippen LogP contribution in [0.1, 0.15) is 32.4 Å². The van der Waals surface area contributed by atoms with Crippen molar-refractivity contribution in [3.63, 3.8) is 0 Å². The fraction of sp³-hybridized carbons (Fsp3) is 0.333. The Bertz CT molecular complexity index is 612. The maximum absolute atomic E-state index is 4.72. The third-order valence-corrected chi connectivity index (χ3v) is 4.36.